The van der Waals surface area contributed by atoms with Crippen LogP contribution in [0.2, 0.25) is 0 Å². The Labute approximate surface area is 170 Å². The molecule has 0 bridgehead atoms. The van der Waals surface area contributed by atoms with Crippen molar-refractivity contribution in [2.24, 2.45) is 0 Å². The summed E-state index contributed by atoms with van der Waals surface area (Å²) in [7, 11) is 0. The van der Waals surface area contributed by atoms with E-state index < -0.39 is 29.4 Å². The second kappa shape index (κ2) is 10.5. The summed E-state index contributed by atoms with van der Waals surface area (Å²) in [5.41, 5.74) is -0.516. The fourth-order valence-corrected chi connectivity index (χ4v) is 3.17. The fourth-order valence-electron chi connectivity index (χ4n) is 3.17. The molecule has 1 aliphatic carbocycles. The van der Waals surface area contributed by atoms with Crippen molar-refractivity contribution in [1.29, 1.82) is 5.26 Å². The van der Waals surface area contributed by atoms with Gasteiger partial charge in [-0.05, 0) is 51.0 Å². The number of nitrogens with zero attached hydrogens (tertiary/aromatic N) is 1. The maximum atomic E-state index is 12.3. The third-order valence-electron chi connectivity index (χ3n) is 4.78. The van der Waals surface area contributed by atoms with Gasteiger partial charge in [0.15, 0.2) is 6.10 Å². The van der Waals surface area contributed by atoms with E-state index in [1.165, 1.54) is 6.92 Å². The molecule has 29 heavy (non-hydrogen) atoms. The fraction of sp³-hybridized carbons (Fsp3) is 0.524. The van der Waals surface area contributed by atoms with E-state index in [9.17, 15) is 19.6 Å². The molecule has 0 radical (unpaired) electrons. The highest BCUT2D eigenvalue weighted by Gasteiger charge is 2.35. The normalized spacial score (nSPS) is 16.0. The van der Waals surface area contributed by atoms with E-state index in [-0.39, 0.29) is 6.54 Å². The third kappa shape index (κ3) is 6.49. The van der Waals surface area contributed by atoms with Crippen LogP contribution in [0.3, 0.4) is 0 Å². The van der Waals surface area contributed by atoms with Crippen molar-refractivity contribution < 1.29 is 23.9 Å². The Morgan fingerprint density at radius 2 is 1.83 bits per heavy atom. The molecule has 2 N–H and O–H groups in total. The van der Waals surface area contributed by atoms with Crippen LogP contribution in [0.25, 0.3) is 0 Å². The molecule has 156 valence electrons. The first-order valence-electron chi connectivity index (χ1n) is 9.83. The number of esters is 1. The highest BCUT2D eigenvalue weighted by Crippen LogP contribution is 2.27. The van der Waals surface area contributed by atoms with Gasteiger partial charge >= 0.3 is 5.97 Å². The quantitative estimate of drug-likeness (QED) is 0.644. The molecular weight excluding hydrogens is 374 g/mol. The molecule has 8 nitrogen and oxygen atoms in total. The average molecular weight is 401 g/mol. The summed E-state index contributed by atoms with van der Waals surface area (Å²) in [6.45, 7) is 3.46. The first-order valence-corrected chi connectivity index (χ1v) is 9.83. The zero-order chi connectivity index (χ0) is 21.3. The molecule has 1 aromatic rings. The smallest absolute Gasteiger partial charge is 0.326 e. The van der Waals surface area contributed by atoms with E-state index in [0.717, 1.165) is 19.3 Å². The maximum Gasteiger partial charge on any atom is 0.326 e. The van der Waals surface area contributed by atoms with Crippen LogP contribution in [0, 0.1) is 11.3 Å². The third-order valence-corrected chi connectivity index (χ3v) is 4.78. The Kier molecular flexibility index (Phi) is 8.01. The molecule has 2 amide bonds. The Morgan fingerprint density at radius 3 is 2.41 bits per heavy atom. The van der Waals surface area contributed by atoms with Gasteiger partial charge in [0.05, 0.1) is 12.7 Å². The average Bonchev–Trinajstić information content (AvgIpc) is 2.73. The molecule has 0 saturated heterocycles. The van der Waals surface area contributed by atoms with Crippen LogP contribution in [0.15, 0.2) is 24.3 Å². The van der Waals surface area contributed by atoms with E-state index in [1.54, 1.807) is 24.3 Å². The van der Waals surface area contributed by atoms with Gasteiger partial charge in [-0.3, -0.25) is 14.4 Å². The van der Waals surface area contributed by atoms with Crippen LogP contribution in [-0.2, 0) is 14.3 Å². The van der Waals surface area contributed by atoms with Crippen molar-refractivity contribution in [2.75, 3.05) is 13.2 Å². The number of ether oxygens (including phenoxy) is 2. The van der Waals surface area contributed by atoms with Gasteiger partial charge in [0, 0.05) is 5.56 Å². The molecule has 1 saturated carbocycles. The lowest BCUT2D eigenvalue weighted by Crippen LogP contribution is -2.52. The van der Waals surface area contributed by atoms with Gasteiger partial charge < -0.3 is 20.1 Å². The van der Waals surface area contributed by atoms with Crippen molar-refractivity contribution in [3.05, 3.63) is 29.8 Å². The molecule has 0 spiro atoms. The standard InChI is InChI=1S/C21H27N3O5/c1-3-28-17-9-7-16(8-10-17)20(27)23-13-18(25)29-15(2)19(26)24-21(14-22)11-5-4-6-12-21/h7-10,15H,3-6,11-13H2,1-2H3,(H,23,27)(H,24,26)/t15-/m1/s1. The summed E-state index contributed by atoms with van der Waals surface area (Å²) < 4.78 is 10.4. The lowest BCUT2D eigenvalue weighted by molar-refractivity contribution is -0.154. The van der Waals surface area contributed by atoms with Crippen LogP contribution in [0.1, 0.15) is 56.3 Å². The van der Waals surface area contributed by atoms with Crippen LogP contribution in [0.5, 0.6) is 5.75 Å². The van der Waals surface area contributed by atoms with Crippen LogP contribution >= 0.6 is 0 Å². The van der Waals surface area contributed by atoms with Crippen LogP contribution in [-0.4, -0.2) is 42.6 Å². The number of carbonyl (C=O) groups is 3. The molecule has 1 aliphatic rings. The van der Waals surface area contributed by atoms with Gasteiger partial charge in [-0.2, -0.15) is 5.26 Å². The monoisotopic (exact) mass is 401 g/mol. The Morgan fingerprint density at radius 1 is 1.17 bits per heavy atom. The van der Waals surface area contributed by atoms with E-state index in [0.29, 0.717) is 30.8 Å². The lowest BCUT2D eigenvalue weighted by atomic mass is 9.83. The molecule has 1 fully saturated rings. The van der Waals surface area contributed by atoms with Gasteiger partial charge in [0.1, 0.15) is 17.8 Å². The number of carbonyl (C=O) groups excluding carboxylic acids is 3. The Bertz CT molecular complexity index is 764. The Balaban J connectivity index is 1.79. The SMILES string of the molecule is CCOc1ccc(C(=O)NCC(=O)O[C@H](C)C(=O)NC2(C#N)CCCCC2)cc1. The largest absolute Gasteiger partial charge is 0.494 e. The Hall–Kier alpha value is -3.08. The van der Waals surface area contributed by atoms with Crippen molar-refractivity contribution >= 4 is 17.8 Å². The predicted molar refractivity (Wildman–Crippen MR) is 105 cm³/mol. The zero-order valence-corrected chi connectivity index (χ0v) is 16.8. The molecule has 8 heteroatoms. The first-order chi connectivity index (χ1) is 13.9. The molecule has 0 unspecified atom stereocenters. The number of hydrogen-bond acceptors (Lipinski definition) is 6. The van der Waals surface area contributed by atoms with Crippen molar-refractivity contribution in [3.8, 4) is 11.8 Å². The molecule has 1 aromatic carbocycles. The minimum atomic E-state index is -1.06. The summed E-state index contributed by atoms with van der Waals surface area (Å²) in [5.74, 6) is -1.04. The molecule has 0 aromatic heterocycles. The van der Waals surface area contributed by atoms with Crippen molar-refractivity contribution in [1.82, 2.24) is 10.6 Å². The zero-order valence-electron chi connectivity index (χ0n) is 16.8. The number of amides is 2. The second-order valence-corrected chi connectivity index (χ2v) is 7.02. The molecular formula is C21H27N3O5. The lowest BCUT2D eigenvalue weighted by Gasteiger charge is -2.32. The molecule has 2 rings (SSSR count). The molecule has 0 aliphatic heterocycles. The number of benzene rings is 1. The van der Waals surface area contributed by atoms with Crippen molar-refractivity contribution in [3.63, 3.8) is 0 Å². The number of hydrogen-bond donors (Lipinski definition) is 2. The van der Waals surface area contributed by atoms with E-state index in [2.05, 4.69) is 16.7 Å². The van der Waals surface area contributed by atoms with Gasteiger partial charge in [0.2, 0.25) is 0 Å². The summed E-state index contributed by atoms with van der Waals surface area (Å²) in [6.07, 6.45) is 2.91. The summed E-state index contributed by atoms with van der Waals surface area (Å²) in [5, 5.41) is 14.6. The topological polar surface area (TPSA) is 118 Å². The highest BCUT2D eigenvalue weighted by molar-refractivity contribution is 5.96. The first kappa shape index (κ1) is 22.2. The van der Waals surface area contributed by atoms with E-state index >= 15 is 0 Å². The van der Waals surface area contributed by atoms with Gasteiger partial charge in [-0.1, -0.05) is 19.3 Å². The van der Waals surface area contributed by atoms with E-state index in [1.807, 2.05) is 6.92 Å². The maximum absolute atomic E-state index is 12.3. The minimum Gasteiger partial charge on any atom is -0.494 e. The van der Waals surface area contributed by atoms with Crippen molar-refractivity contribution in [2.45, 2.75) is 57.6 Å². The van der Waals surface area contributed by atoms with Gasteiger partial charge in [0.25, 0.3) is 11.8 Å². The number of nitriles is 1. The van der Waals surface area contributed by atoms with Gasteiger partial charge in [-0.15, -0.1) is 0 Å². The van der Waals surface area contributed by atoms with Crippen LogP contribution in [0.4, 0.5) is 0 Å². The van der Waals surface area contributed by atoms with Crippen LogP contribution < -0.4 is 15.4 Å². The molecule has 1 atom stereocenters. The predicted octanol–water partition coefficient (Wildman–Crippen LogP) is 2.09. The second-order valence-electron chi connectivity index (χ2n) is 7.02. The highest BCUT2D eigenvalue weighted by atomic mass is 16.5. The summed E-state index contributed by atoms with van der Waals surface area (Å²) >= 11 is 0. The number of rotatable bonds is 8. The minimum absolute atomic E-state index is 0.368. The van der Waals surface area contributed by atoms with Gasteiger partial charge in [-0.25, -0.2) is 0 Å². The summed E-state index contributed by atoms with van der Waals surface area (Å²) in [4.78, 5) is 36.4. The summed E-state index contributed by atoms with van der Waals surface area (Å²) in [6, 6.07) is 8.70. The van der Waals surface area contributed by atoms with E-state index in [4.69, 9.17) is 9.47 Å². The number of nitrogens with one attached hydrogen (secondary N) is 2. The molecule has 0 heterocycles.